The van der Waals surface area contributed by atoms with E-state index in [1.165, 1.54) is 17.4 Å². The van der Waals surface area contributed by atoms with Gasteiger partial charge < -0.3 is 10.6 Å². The first-order chi connectivity index (χ1) is 9.29. The van der Waals surface area contributed by atoms with E-state index in [0.717, 1.165) is 11.4 Å². The molecule has 6 nitrogen and oxygen atoms in total. The van der Waals surface area contributed by atoms with Crippen LogP contribution in [0.4, 0.5) is 11.4 Å². The largest absolute Gasteiger partial charge is 0.399 e. The molecular formula is C12H16N4O2S2. The van der Waals surface area contributed by atoms with Crippen LogP contribution in [0.2, 0.25) is 0 Å². The summed E-state index contributed by atoms with van der Waals surface area (Å²) in [6, 6.07) is 3.11. The number of thiazole rings is 1. The SMILES string of the molecule is Cc1c(N(C)Cc2cscn2)cc(N)cc1S(N)(=O)=O. The van der Waals surface area contributed by atoms with E-state index in [-0.39, 0.29) is 4.90 Å². The predicted molar refractivity (Wildman–Crippen MR) is 81.2 cm³/mol. The van der Waals surface area contributed by atoms with Gasteiger partial charge >= 0.3 is 0 Å². The van der Waals surface area contributed by atoms with Crippen LogP contribution in [0, 0.1) is 6.92 Å². The molecule has 1 aromatic carbocycles. The molecule has 2 aromatic rings. The summed E-state index contributed by atoms with van der Waals surface area (Å²) < 4.78 is 23.2. The fourth-order valence-electron chi connectivity index (χ4n) is 2.03. The Kier molecular flexibility index (Phi) is 3.98. The lowest BCUT2D eigenvalue weighted by Crippen LogP contribution is -2.21. The number of primary sulfonamides is 1. The van der Waals surface area contributed by atoms with Crippen molar-refractivity contribution in [2.75, 3.05) is 17.7 Å². The molecular weight excluding hydrogens is 296 g/mol. The number of anilines is 2. The molecule has 0 saturated heterocycles. The molecule has 0 unspecified atom stereocenters. The van der Waals surface area contributed by atoms with Crippen molar-refractivity contribution in [2.24, 2.45) is 5.14 Å². The Morgan fingerprint density at radius 1 is 1.40 bits per heavy atom. The Balaban J connectivity index is 2.44. The zero-order chi connectivity index (χ0) is 14.9. The van der Waals surface area contributed by atoms with E-state index in [0.29, 0.717) is 17.8 Å². The highest BCUT2D eigenvalue weighted by Gasteiger charge is 2.17. The number of nitrogens with zero attached hydrogens (tertiary/aromatic N) is 2. The highest BCUT2D eigenvalue weighted by molar-refractivity contribution is 7.89. The summed E-state index contributed by atoms with van der Waals surface area (Å²) >= 11 is 1.51. The molecule has 1 aromatic heterocycles. The maximum Gasteiger partial charge on any atom is 0.238 e. The van der Waals surface area contributed by atoms with E-state index in [2.05, 4.69) is 4.98 Å². The number of rotatable bonds is 4. The van der Waals surface area contributed by atoms with E-state index in [4.69, 9.17) is 10.9 Å². The third kappa shape index (κ3) is 3.09. The van der Waals surface area contributed by atoms with Crippen LogP contribution < -0.4 is 15.8 Å². The highest BCUT2D eigenvalue weighted by Crippen LogP contribution is 2.29. The van der Waals surface area contributed by atoms with Gasteiger partial charge in [-0.3, -0.25) is 0 Å². The molecule has 0 bridgehead atoms. The molecule has 0 saturated carbocycles. The minimum absolute atomic E-state index is 0.0534. The number of hydrogen-bond acceptors (Lipinski definition) is 6. The number of nitrogen functional groups attached to an aromatic ring is 1. The molecule has 0 fully saturated rings. The Labute approximate surface area is 122 Å². The van der Waals surface area contributed by atoms with Crippen molar-refractivity contribution in [1.82, 2.24) is 4.98 Å². The summed E-state index contributed by atoms with van der Waals surface area (Å²) in [4.78, 5) is 6.16. The van der Waals surface area contributed by atoms with Crippen LogP contribution in [-0.2, 0) is 16.6 Å². The molecule has 2 rings (SSSR count). The van der Waals surface area contributed by atoms with Crippen LogP contribution in [0.5, 0.6) is 0 Å². The summed E-state index contributed by atoms with van der Waals surface area (Å²) in [5.74, 6) is 0. The lowest BCUT2D eigenvalue weighted by Gasteiger charge is -2.22. The average Bonchev–Trinajstić information content (AvgIpc) is 2.83. The van der Waals surface area contributed by atoms with E-state index >= 15 is 0 Å². The first-order valence-electron chi connectivity index (χ1n) is 5.80. The van der Waals surface area contributed by atoms with Crippen LogP contribution in [0.3, 0.4) is 0 Å². The predicted octanol–water partition coefficient (Wildman–Crippen LogP) is 1.32. The molecule has 108 valence electrons. The summed E-state index contributed by atoms with van der Waals surface area (Å²) in [5, 5.41) is 7.16. The van der Waals surface area contributed by atoms with E-state index in [9.17, 15) is 8.42 Å². The fourth-order valence-corrected chi connectivity index (χ4v) is 3.41. The van der Waals surface area contributed by atoms with Gasteiger partial charge in [-0.2, -0.15) is 0 Å². The van der Waals surface area contributed by atoms with Gasteiger partial charge in [0.2, 0.25) is 10.0 Å². The van der Waals surface area contributed by atoms with Crippen molar-refractivity contribution in [3.8, 4) is 0 Å². The van der Waals surface area contributed by atoms with Gasteiger partial charge in [-0.1, -0.05) is 0 Å². The van der Waals surface area contributed by atoms with E-state index < -0.39 is 10.0 Å². The maximum absolute atomic E-state index is 11.6. The van der Waals surface area contributed by atoms with Crippen molar-refractivity contribution in [3.63, 3.8) is 0 Å². The van der Waals surface area contributed by atoms with Gasteiger partial charge in [0.1, 0.15) is 0 Å². The molecule has 0 amide bonds. The molecule has 8 heteroatoms. The van der Waals surface area contributed by atoms with Crippen molar-refractivity contribution in [3.05, 3.63) is 34.3 Å². The van der Waals surface area contributed by atoms with Gasteiger partial charge in [0.25, 0.3) is 0 Å². The second kappa shape index (κ2) is 5.39. The lowest BCUT2D eigenvalue weighted by atomic mass is 10.1. The lowest BCUT2D eigenvalue weighted by molar-refractivity contribution is 0.597. The number of nitrogens with two attached hydrogens (primary N) is 2. The van der Waals surface area contributed by atoms with Crippen LogP contribution in [0.15, 0.2) is 27.9 Å². The Hall–Kier alpha value is -1.64. The summed E-state index contributed by atoms with van der Waals surface area (Å²) in [5.41, 5.74) is 10.1. The molecule has 0 aliphatic carbocycles. The van der Waals surface area contributed by atoms with Gasteiger partial charge in [0, 0.05) is 23.8 Å². The number of benzene rings is 1. The van der Waals surface area contributed by atoms with Gasteiger partial charge in [0.15, 0.2) is 0 Å². The van der Waals surface area contributed by atoms with Gasteiger partial charge in [0.05, 0.1) is 22.6 Å². The molecule has 0 aliphatic rings. The second-order valence-electron chi connectivity index (χ2n) is 4.54. The van der Waals surface area contributed by atoms with Crippen molar-refractivity contribution < 1.29 is 8.42 Å². The number of hydrogen-bond donors (Lipinski definition) is 2. The average molecular weight is 312 g/mol. The maximum atomic E-state index is 11.6. The molecule has 1 heterocycles. The Morgan fingerprint density at radius 2 is 2.10 bits per heavy atom. The zero-order valence-electron chi connectivity index (χ0n) is 11.2. The van der Waals surface area contributed by atoms with Crippen LogP contribution in [-0.4, -0.2) is 20.4 Å². The Morgan fingerprint density at radius 3 is 2.65 bits per heavy atom. The minimum atomic E-state index is -3.79. The Bertz CT molecular complexity index is 711. The summed E-state index contributed by atoms with van der Waals surface area (Å²) in [6.07, 6.45) is 0. The van der Waals surface area contributed by atoms with Gasteiger partial charge in [-0.15, -0.1) is 11.3 Å². The van der Waals surface area contributed by atoms with Crippen LogP contribution in [0.1, 0.15) is 11.3 Å². The van der Waals surface area contributed by atoms with Crippen molar-refractivity contribution >= 4 is 32.7 Å². The van der Waals surface area contributed by atoms with Gasteiger partial charge in [-0.05, 0) is 24.6 Å². The standard InChI is InChI=1S/C12H16N4O2S2/c1-8-11(16(2)5-10-6-19-7-15-10)3-9(13)4-12(8)20(14,17)18/h3-4,6-7H,5,13H2,1-2H3,(H2,14,17,18). The van der Waals surface area contributed by atoms with Crippen molar-refractivity contribution in [1.29, 1.82) is 0 Å². The second-order valence-corrected chi connectivity index (χ2v) is 6.79. The molecule has 0 spiro atoms. The molecule has 20 heavy (non-hydrogen) atoms. The number of sulfonamides is 1. The molecule has 0 radical (unpaired) electrons. The fraction of sp³-hybridized carbons (Fsp3) is 0.250. The first-order valence-corrected chi connectivity index (χ1v) is 8.29. The van der Waals surface area contributed by atoms with E-state index in [1.807, 2.05) is 17.3 Å². The highest BCUT2D eigenvalue weighted by atomic mass is 32.2. The van der Waals surface area contributed by atoms with E-state index in [1.54, 1.807) is 18.5 Å². The zero-order valence-corrected chi connectivity index (χ0v) is 12.8. The quantitative estimate of drug-likeness (QED) is 0.829. The van der Waals surface area contributed by atoms with Crippen molar-refractivity contribution in [2.45, 2.75) is 18.4 Å². The number of aromatic nitrogens is 1. The first kappa shape index (κ1) is 14.8. The normalized spacial score (nSPS) is 11.6. The van der Waals surface area contributed by atoms with Crippen LogP contribution >= 0.6 is 11.3 Å². The summed E-state index contributed by atoms with van der Waals surface area (Å²) in [6.45, 7) is 2.28. The van der Waals surface area contributed by atoms with Crippen LogP contribution in [0.25, 0.3) is 0 Å². The molecule has 0 aliphatic heterocycles. The van der Waals surface area contributed by atoms with Gasteiger partial charge in [-0.25, -0.2) is 18.5 Å². The summed E-state index contributed by atoms with van der Waals surface area (Å²) in [7, 11) is -1.94. The topological polar surface area (TPSA) is 102 Å². The monoisotopic (exact) mass is 312 g/mol. The minimum Gasteiger partial charge on any atom is -0.399 e. The molecule has 0 atom stereocenters. The molecule has 4 N–H and O–H groups in total. The third-order valence-corrected chi connectivity index (χ3v) is 4.63. The third-order valence-electron chi connectivity index (χ3n) is 2.96. The smallest absolute Gasteiger partial charge is 0.238 e.